The molecule has 0 aliphatic carbocycles. The van der Waals surface area contributed by atoms with Gasteiger partial charge in [-0.2, -0.15) is 0 Å². The third-order valence-electron chi connectivity index (χ3n) is 5.77. The molecular weight excluding hydrogens is 412 g/mol. The summed E-state index contributed by atoms with van der Waals surface area (Å²) in [6, 6.07) is 7.03. The Morgan fingerprint density at radius 1 is 1.16 bits per heavy atom. The third kappa shape index (κ3) is 4.54. The minimum absolute atomic E-state index is 0.00292. The Labute approximate surface area is 184 Å². The molecular formula is C23H26N4O3S. The summed E-state index contributed by atoms with van der Waals surface area (Å²) >= 11 is 1.51. The van der Waals surface area contributed by atoms with Crippen LogP contribution in [0, 0.1) is 13.8 Å². The minimum Gasteiger partial charge on any atom is -0.339 e. The first-order valence-electron chi connectivity index (χ1n) is 10.6. The molecule has 162 valence electrons. The molecule has 2 amide bonds. The molecule has 7 nitrogen and oxygen atoms in total. The molecule has 1 aromatic carbocycles. The smallest absolute Gasteiger partial charge is 0.262 e. The van der Waals surface area contributed by atoms with E-state index in [2.05, 4.69) is 10.3 Å². The van der Waals surface area contributed by atoms with Gasteiger partial charge in [0.15, 0.2) is 0 Å². The van der Waals surface area contributed by atoms with E-state index in [0.717, 1.165) is 47.6 Å². The fourth-order valence-electron chi connectivity index (χ4n) is 3.88. The number of carbonyl (C=O) groups is 2. The lowest BCUT2D eigenvalue weighted by atomic mass is 10.1. The average molecular weight is 439 g/mol. The highest BCUT2D eigenvalue weighted by Gasteiger charge is 2.18. The van der Waals surface area contributed by atoms with Gasteiger partial charge >= 0.3 is 0 Å². The molecule has 3 aromatic rings. The van der Waals surface area contributed by atoms with Gasteiger partial charge in [0.25, 0.3) is 11.5 Å². The van der Waals surface area contributed by atoms with Crippen molar-refractivity contribution in [2.24, 2.45) is 0 Å². The van der Waals surface area contributed by atoms with E-state index in [1.54, 1.807) is 24.3 Å². The minimum atomic E-state index is -0.215. The summed E-state index contributed by atoms with van der Waals surface area (Å²) in [7, 11) is 0. The lowest BCUT2D eigenvalue weighted by Gasteiger charge is -2.26. The number of piperidine rings is 1. The Balaban J connectivity index is 1.41. The number of hydrogen-bond acceptors (Lipinski definition) is 5. The van der Waals surface area contributed by atoms with Gasteiger partial charge in [-0.1, -0.05) is 6.07 Å². The first kappa shape index (κ1) is 21.2. The number of nitrogens with one attached hydrogen (secondary N) is 1. The highest BCUT2D eigenvalue weighted by molar-refractivity contribution is 7.18. The molecule has 1 fully saturated rings. The number of amides is 2. The third-order valence-corrected chi connectivity index (χ3v) is 6.89. The van der Waals surface area contributed by atoms with E-state index < -0.39 is 0 Å². The number of hydrogen-bond donors (Lipinski definition) is 1. The number of likely N-dealkylation sites (tertiary alicyclic amines) is 1. The second-order valence-electron chi connectivity index (χ2n) is 7.94. The van der Waals surface area contributed by atoms with Gasteiger partial charge in [-0.15, -0.1) is 11.3 Å². The number of fused-ring (bicyclic) bond motifs is 1. The number of rotatable bonds is 5. The molecule has 2 aromatic heterocycles. The number of aryl methyl sites for hydroxylation is 3. The van der Waals surface area contributed by atoms with E-state index in [4.69, 9.17) is 0 Å². The maximum Gasteiger partial charge on any atom is 0.262 e. The molecule has 1 saturated heterocycles. The summed E-state index contributed by atoms with van der Waals surface area (Å²) in [5.74, 6) is -0.212. The predicted octanol–water partition coefficient (Wildman–Crippen LogP) is 3.73. The Hall–Kier alpha value is -3.00. The zero-order valence-corrected chi connectivity index (χ0v) is 18.6. The van der Waals surface area contributed by atoms with E-state index >= 15 is 0 Å². The maximum absolute atomic E-state index is 12.8. The topological polar surface area (TPSA) is 84.3 Å². The van der Waals surface area contributed by atoms with Gasteiger partial charge in [-0.25, -0.2) is 4.98 Å². The van der Waals surface area contributed by atoms with Crippen molar-refractivity contribution in [3.05, 3.63) is 57.0 Å². The van der Waals surface area contributed by atoms with E-state index in [-0.39, 0.29) is 30.3 Å². The highest BCUT2D eigenvalue weighted by Crippen LogP contribution is 2.25. The second-order valence-corrected chi connectivity index (χ2v) is 9.14. The monoisotopic (exact) mass is 438 g/mol. The van der Waals surface area contributed by atoms with Crippen molar-refractivity contribution in [3.8, 4) is 0 Å². The molecule has 0 radical (unpaired) electrons. The molecule has 4 rings (SSSR count). The Morgan fingerprint density at radius 2 is 1.94 bits per heavy atom. The van der Waals surface area contributed by atoms with Crippen molar-refractivity contribution in [2.75, 3.05) is 18.4 Å². The average Bonchev–Trinajstić information content (AvgIpc) is 3.07. The first-order chi connectivity index (χ1) is 14.9. The summed E-state index contributed by atoms with van der Waals surface area (Å²) in [4.78, 5) is 46.0. The van der Waals surface area contributed by atoms with E-state index in [1.807, 2.05) is 18.7 Å². The molecule has 0 atom stereocenters. The van der Waals surface area contributed by atoms with E-state index in [1.165, 1.54) is 22.2 Å². The van der Waals surface area contributed by atoms with Gasteiger partial charge in [-0.3, -0.25) is 19.0 Å². The van der Waals surface area contributed by atoms with Crippen molar-refractivity contribution in [3.63, 3.8) is 0 Å². The molecule has 0 spiro atoms. The van der Waals surface area contributed by atoms with Gasteiger partial charge < -0.3 is 10.2 Å². The lowest BCUT2D eigenvalue weighted by molar-refractivity contribution is -0.116. The number of nitrogens with zero attached hydrogens (tertiary/aromatic N) is 3. The first-order valence-corrected chi connectivity index (χ1v) is 11.4. The number of thiophene rings is 1. The van der Waals surface area contributed by atoms with E-state index in [9.17, 15) is 14.4 Å². The number of benzene rings is 1. The van der Waals surface area contributed by atoms with Crippen LogP contribution in [0.1, 0.15) is 46.5 Å². The fraction of sp³-hybridized carbons (Fsp3) is 0.391. The van der Waals surface area contributed by atoms with Crippen LogP contribution in [0.15, 0.2) is 35.4 Å². The Bertz CT molecular complexity index is 1190. The van der Waals surface area contributed by atoms with Crippen LogP contribution >= 0.6 is 11.3 Å². The zero-order chi connectivity index (χ0) is 22.0. The van der Waals surface area contributed by atoms with Crippen molar-refractivity contribution >= 4 is 39.1 Å². The van der Waals surface area contributed by atoms with Crippen LogP contribution in [-0.4, -0.2) is 39.4 Å². The van der Waals surface area contributed by atoms with Crippen molar-refractivity contribution in [1.29, 1.82) is 0 Å². The normalized spacial score (nSPS) is 14.1. The Morgan fingerprint density at radius 3 is 2.71 bits per heavy atom. The van der Waals surface area contributed by atoms with Crippen LogP contribution in [0.3, 0.4) is 0 Å². The standard InChI is InChI=1S/C23H26N4O3S/c1-15-16(2)31-21-20(15)23(30)27(14-24-21)12-9-19(28)25-18-8-6-7-17(13-18)22(29)26-10-4-3-5-11-26/h6-8,13-14H,3-5,9-12H2,1-2H3,(H,25,28). The summed E-state index contributed by atoms with van der Waals surface area (Å²) in [5.41, 5.74) is 1.99. The molecule has 1 aliphatic rings. The number of carbonyl (C=O) groups excluding carboxylic acids is 2. The lowest BCUT2D eigenvalue weighted by Crippen LogP contribution is -2.35. The van der Waals surface area contributed by atoms with Crippen LogP contribution in [-0.2, 0) is 11.3 Å². The van der Waals surface area contributed by atoms with Crippen LogP contribution < -0.4 is 10.9 Å². The molecule has 1 N–H and O–H groups in total. The van der Waals surface area contributed by atoms with Crippen LogP contribution in [0.5, 0.6) is 0 Å². The quantitative estimate of drug-likeness (QED) is 0.658. The van der Waals surface area contributed by atoms with Gasteiger partial charge in [-0.05, 0) is 56.9 Å². The predicted molar refractivity (Wildman–Crippen MR) is 123 cm³/mol. The zero-order valence-electron chi connectivity index (χ0n) is 17.8. The fourth-order valence-corrected chi connectivity index (χ4v) is 4.87. The van der Waals surface area contributed by atoms with Crippen LogP contribution in [0.25, 0.3) is 10.2 Å². The number of anilines is 1. The largest absolute Gasteiger partial charge is 0.339 e. The summed E-state index contributed by atoms with van der Waals surface area (Å²) in [6.07, 6.45) is 4.88. The molecule has 8 heteroatoms. The van der Waals surface area contributed by atoms with Crippen molar-refractivity contribution < 1.29 is 9.59 Å². The highest BCUT2D eigenvalue weighted by atomic mass is 32.1. The van der Waals surface area contributed by atoms with Crippen molar-refractivity contribution in [1.82, 2.24) is 14.5 Å². The van der Waals surface area contributed by atoms with Gasteiger partial charge in [0.05, 0.1) is 11.7 Å². The second kappa shape index (κ2) is 9.01. The summed E-state index contributed by atoms with van der Waals surface area (Å²) in [6.45, 7) is 5.71. The molecule has 0 bridgehead atoms. The summed E-state index contributed by atoms with van der Waals surface area (Å²) < 4.78 is 1.48. The Kier molecular flexibility index (Phi) is 6.18. The van der Waals surface area contributed by atoms with E-state index in [0.29, 0.717) is 16.6 Å². The van der Waals surface area contributed by atoms with Gasteiger partial charge in [0.1, 0.15) is 4.83 Å². The van der Waals surface area contributed by atoms with Gasteiger partial charge in [0.2, 0.25) is 5.91 Å². The molecule has 0 saturated carbocycles. The van der Waals surface area contributed by atoms with Gasteiger partial charge in [0, 0.05) is 42.2 Å². The van der Waals surface area contributed by atoms with Crippen molar-refractivity contribution in [2.45, 2.75) is 46.1 Å². The molecule has 3 heterocycles. The molecule has 31 heavy (non-hydrogen) atoms. The number of aromatic nitrogens is 2. The summed E-state index contributed by atoms with van der Waals surface area (Å²) in [5, 5.41) is 3.47. The maximum atomic E-state index is 12.8. The van der Waals surface area contributed by atoms with Crippen LogP contribution in [0.4, 0.5) is 5.69 Å². The molecule has 1 aliphatic heterocycles. The SMILES string of the molecule is Cc1sc2ncn(CCC(=O)Nc3cccc(C(=O)N4CCCCC4)c3)c(=O)c2c1C. The van der Waals surface area contributed by atoms with Crippen LogP contribution in [0.2, 0.25) is 0 Å². The molecule has 0 unspecified atom stereocenters.